The third kappa shape index (κ3) is 5.62. The number of para-hydroxylation sites is 1. The highest BCUT2D eigenvalue weighted by molar-refractivity contribution is 7.81. The summed E-state index contributed by atoms with van der Waals surface area (Å²) in [7, 11) is -4.63. The Morgan fingerprint density at radius 1 is 1.17 bits per heavy atom. The number of rotatable bonds is 4. The van der Waals surface area contributed by atoms with E-state index in [1.807, 2.05) is 46.4 Å². The van der Waals surface area contributed by atoms with Crippen molar-refractivity contribution in [3.8, 4) is 11.4 Å². The average Bonchev–Trinajstić information content (AvgIpc) is 3.28. The molecule has 1 atom stereocenters. The Morgan fingerprint density at radius 2 is 1.87 bits per heavy atom. The van der Waals surface area contributed by atoms with Gasteiger partial charge < -0.3 is 24.0 Å². The quantitative estimate of drug-likeness (QED) is 0.533. The summed E-state index contributed by atoms with van der Waals surface area (Å²) in [5.41, 5.74) is 1.14. The van der Waals surface area contributed by atoms with Crippen LogP contribution in [0.4, 0.5) is 4.79 Å². The predicted octanol–water partition coefficient (Wildman–Crippen LogP) is -0.400. The lowest BCUT2D eigenvalue weighted by Gasteiger charge is -2.20. The van der Waals surface area contributed by atoms with E-state index >= 15 is 0 Å². The van der Waals surface area contributed by atoms with Crippen molar-refractivity contribution in [2.24, 2.45) is 9.98 Å². The number of nitrogens with zero attached hydrogens (tertiary/aromatic N) is 4. The van der Waals surface area contributed by atoms with E-state index in [0.29, 0.717) is 5.36 Å². The summed E-state index contributed by atoms with van der Waals surface area (Å²) in [5, 5.41) is 13.0. The normalized spacial score (nSPS) is 16.9. The molecule has 0 bridgehead atoms. The lowest BCUT2D eigenvalue weighted by atomic mass is 10.3. The molecule has 0 spiro atoms. The Morgan fingerprint density at radius 3 is 2.47 bits per heavy atom. The first kappa shape index (κ1) is 21.0. The van der Waals surface area contributed by atoms with Gasteiger partial charge in [0.15, 0.2) is 0 Å². The van der Waals surface area contributed by atoms with Crippen LogP contribution in [0.5, 0.6) is 5.75 Å². The molecule has 0 radical (unpaired) electrons. The second-order valence-electron chi connectivity index (χ2n) is 6.12. The second-order valence-corrected chi connectivity index (χ2v) is 7.15. The maximum atomic E-state index is 10.6. The van der Waals surface area contributed by atoms with Crippen LogP contribution in [0.3, 0.4) is 0 Å². The van der Waals surface area contributed by atoms with Gasteiger partial charge in [0, 0.05) is 31.1 Å². The SMILES string of the molecule is CC1(NC(=O)[O-])N=c2ccc(OS(=O)(=O)O)cc2=N1.c1ccc(-n2ccnc2)cc1. The van der Waals surface area contributed by atoms with Crippen molar-refractivity contribution in [1.82, 2.24) is 14.9 Å². The molecule has 0 saturated carbocycles. The molecule has 2 aromatic carbocycles. The number of carbonyl (C=O) groups is 1. The van der Waals surface area contributed by atoms with E-state index in [9.17, 15) is 18.3 Å². The zero-order valence-corrected chi connectivity index (χ0v) is 16.4. The molecule has 2 heterocycles. The minimum absolute atomic E-state index is 0.169. The van der Waals surface area contributed by atoms with Gasteiger partial charge in [0.1, 0.15) is 11.8 Å². The fourth-order valence-electron chi connectivity index (χ4n) is 2.62. The molecule has 30 heavy (non-hydrogen) atoms. The molecule has 1 unspecified atom stereocenters. The number of carbonyl (C=O) groups excluding carboxylic acids is 1. The van der Waals surface area contributed by atoms with Crippen molar-refractivity contribution >= 4 is 16.5 Å². The Bertz CT molecular complexity index is 1260. The smallest absolute Gasteiger partial charge is 0.446 e. The Balaban J connectivity index is 0.000000196. The molecule has 3 aromatic rings. The molecule has 1 aliphatic rings. The number of imidazole rings is 1. The van der Waals surface area contributed by atoms with E-state index in [1.165, 1.54) is 25.1 Å². The number of nitrogens with one attached hydrogen (secondary N) is 1. The Hall–Kier alpha value is -3.77. The summed E-state index contributed by atoms with van der Waals surface area (Å²) in [6.45, 7) is 1.39. The highest BCUT2D eigenvalue weighted by Crippen LogP contribution is 2.12. The molecule has 12 heteroatoms. The van der Waals surface area contributed by atoms with Crippen LogP contribution >= 0.6 is 0 Å². The number of amides is 1. The number of benzene rings is 2. The lowest BCUT2D eigenvalue weighted by molar-refractivity contribution is -0.252. The first-order valence-electron chi connectivity index (χ1n) is 8.43. The van der Waals surface area contributed by atoms with Gasteiger partial charge in [0.05, 0.1) is 17.0 Å². The number of hydrogen-bond donors (Lipinski definition) is 2. The van der Waals surface area contributed by atoms with Crippen molar-refractivity contribution in [3.63, 3.8) is 0 Å². The number of fused-ring (bicyclic) bond motifs is 1. The van der Waals surface area contributed by atoms with Crippen molar-refractivity contribution in [3.05, 3.63) is 78.0 Å². The summed E-state index contributed by atoms with van der Waals surface area (Å²) < 4.78 is 35.9. The molecule has 0 saturated heterocycles. The van der Waals surface area contributed by atoms with Gasteiger partial charge >= 0.3 is 10.4 Å². The molecule has 1 aromatic heterocycles. The van der Waals surface area contributed by atoms with Gasteiger partial charge in [0.25, 0.3) is 0 Å². The predicted molar refractivity (Wildman–Crippen MR) is 101 cm³/mol. The molecule has 1 amide bonds. The van der Waals surface area contributed by atoms with Crippen molar-refractivity contribution in [1.29, 1.82) is 0 Å². The molecule has 156 valence electrons. The first-order valence-corrected chi connectivity index (χ1v) is 9.79. The molecule has 2 N–H and O–H groups in total. The van der Waals surface area contributed by atoms with Gasteiger partial charge in [0.2, 0.25) is 5.79 Å². The summed E-state index contributed by atoms with van der Waals surface area (Å²) >= 11 is 0. The van der Waals surface area contributed by atoms with Crippen molar-refractivity contribution in [2.45, 2.75) is 12.7 Å². The average molecular weight is 430 g/mol. The minimum atomic E-state index is -4.63. The summed E-state index contributed by atoms with van der Waals surface area (Å²) in [5.74, 6) is -1.60. The van der Waals surface area contributed by atoms with Gasteiger partial charge in [-0.3, -0.25) is 4.55 Å². The summed E-state index contributed by atoms with van der Waals surface area (Å²) in [4.78, 5) is 22.4. The van der Waals surface area contributed by atoms with Crippen LogP contribution in [0.1, 0.15) is 6.92 Å². The van der Waals surface area contributed by atoms with Gasteiger partial charge in [-0.1, -0.05) is 18.2 Å². The fourth-order valence-corrected chi connectivity index (χ4v) is 2.96. The maximum Gasteiger partial charge on any atom is 0.446 e. The van der Waals surface area contributed by atoms with E-state index in [1.54, 1.807) is 12.5 Å². The van der Waals surface area contributed by atoms with Gasteiger partial charge in [-0.25, -0.2) is 15.0 Å². The van der Waals surface area contributed by atoms with Crippen LogP contribution in [0.25, 0.3) is 5.69 Å². The van der Waals surface area contributed by atoms with Crippen LogP contribution in [0, 0.1) is 0 Å². The van der Waals surface area contributed by atoms with Gasteiger partial charge in [-0.05, 0) is 24.3 Å². The summed E-state index contributed by atoms with van der Waals surface area (Å²) in [6.07, 6.45) is 3.94. The van der Waals surface area contributed by atoms with Crippen molar-refractivity contribution < 1.29 is 27.1 Å². The van der Waals surface area contributed by atoms with Crippen molar-refractivity contribution in [2.75, 3.05) is 0 Å². The molecule has 4 rings (SSSR count). The highest BCUT2D eigenvalue weighted by atomic mass is 32.3. The van der Waals surface area contributed by atoms with Crippen LogP contribution in [0.15, 0.2) is 77.2 Å². The van der Waals surface area contributed by atoms with Gasteiger partial charge in [-0.15, -0.1) is 0 Å². The minimum Gasteiger partial charge on any atom is -0.530 e. The Labute approximate surface area is 171 Å². The first-order chi connectivity index (χ1) is 14.1. The lowest BCUT2D eigenvalue weighted by Crippen LogP contribution is -2.48. The zero-order valence-electron chi connectivity index (χ0n) is 15.5. The number of aromatic nitrogens is 2. The van der Waals surface area contributed by atoms with E-state index < -0.39 is 22.3 Å². The van der Waals surface area contributed by atoms with Crippen LogP contribution in [-0.4, -0.2) is 34.4 Å². The number of carboxylic acid groups (broad SMARTS) is 1. The van der Waals surface area contributed by atoms with Crippen LogP contribution in [-0.2, 0) is 10.4 Å². The second kappa shape index (κ2) is 8.31. The highest BCUT2D eigenvalue weighted by Gasteiger charge is 2.24. The largest absolute Gasteiger partial charge is 0.530 e. The van der Waals surface area contributed by atoms with E-state index in [2.05, 4.69) is 19.2 Å². The molecular weight excluding hydrogens is 414 g/mol. The molecule has 1 aliphatic heterocycles. The fraction of sp³-hybridized carbons (Fsp3) is 0.111. The van der Waals surface area contributed by atoms with E-state index in [4.69, 9.17) is 4.55 Å². The monoisotopic (exact) mass is 430 g/mol. The molecule has 0 fully saturated rings. The molecular formula is C18H16N5O6S-. The van der Waals surface area contributed by atoms with Gasteiger partial charge in [-0.2, -0.15) is 8.42 Å². The zero-order chi connectivity index (χ0) is 21.8. The van der Waals surface area contributed by atoms with E-state index in [-0.39, 0.29) is 11.1 Å². The maximum absolute atomic E-state index is 10.6. The Kier molecular flexibility index (Phi) is 5.80. The summed E-state index contributed by atoms with van der Waals surface area (Å²) in [6, 6.07) is 13.9. The van der Waals surface area contributed by atoms with Crippen LogP contribution < -0.4 is 25.3 Å². The molecule has 11 nitrogen and oxygen atoms in total. The third-order valence-electron chi connectivity index (χ3n) is 3.72. The molecule has 0 aliphatic carbocycles. The third-order valence-corrected chi connectivity index (χ3v) is 4.13. The number of hydrogen-bond acceptors (Lipinski definition) is 8. The van der Waals surface area contributed by atoms with Crippen LogP contribution in [0.2, 0.25) is 0 Å². The van der Waals surface area contributed by atoms with E-state index in [0.717, 1.165) is 5.69 Å². The standard InChI is InChI=1S/C9H9N3O6S.C9H8N2/c1-9(12-8(13)14)10-6-3-2-5(4-7(6)11-9)18-19(15,16)17;1-2-4-9(5-3-1)11-7-6-10-8-11/h2-4,12H,1H3,(H,13,14)(H,15,16,17);1-8H/p-1. The topological polar surface area (TPSA) is 158 Å².